The second kappa shape index (κ2) is 6.28. The summed E-state index contributed by atoms with van der Waals surface area (Å²) in [5, 5.41) is 8.01. The minimum Gasteiger partial charge on any atom is -0.384 e. The smallest absolute Gasteiger partial charge is 0.230 e. The molecule has 1 aliphatic rings. The molecule has 7 nitrogen and oxygen atoms in total. The van der Waals surface area contributed by atoms with Gasteiger partial charge in [0.25, 0.3) is 0 Å². The van der Waals surface area contributed by atoms with Gasteiger partial charge in [-0.15, -0.1) is 0 Å². The largest absolute Gasteiger partial charge is 0.384 e. The van der Waals surface area contributed by atoms with Crippen LogP contribution in [0, 0.1) is 11.3 Å². The lowest BCUT2D eigenvalue weighted by atomic mass is 10.3. The molecule has 0 spiro atoms. The van der Waals surface area contributed by atoms with Gasteiger partial charge in [0.1, 0.15) is 5.82 Å². The zero-order chi connectivity index (χ0) is 15.5. The number of piperazine rings is 1. The lowest BCUT2D eigenvalue weighted by molar-refractivity contribution is 0.381. The maximum atomic E-state index is 12.3. The molecule has 1 aliphatic heterocycles. The van der Waals surface area contributed by atoms with Crippen LogP contribution < -0.4 is 10.6 Å². The first kappa shape index (κ1) is 15.5. The van der Waals surface area contributed by atoms with E-state index in [0.29, 0.717) is 38.4 Å². The van der Waals surface area contributed by atoms with Crippen LogP contribution >= 0.6 is 0 Å². The second-order valence-electron chi connectivity index (χ2n) is 4.90. The van der Waals surface area contributed by atoms with Gasteiger partial charge < -0.3 is 10.6 Å². The highest BCUT2D eigenvalue weighted by Gasteiger charge is 2.33. The molecule has 2 heterocycles. The van der Waals surface area contributed by atoms with Crippen LogP contribution in [-0.4, -0.2) is 49.1 Å². The van der Waals surface area contributed by atoms with E-state index in [9.17, 15) is 8.42 Å². The van der Waals surface area contributed by atoms with Gasteiger partial charge in [0.15, 0.2) is 5.25 Å². The van der Waals surface area contributed by atoms with Crippen molar-refractivity contribution in [2.75, 3.05) is 36.8 Å². The monoisotopic (exact) mass is 309 g/mol. The van der Waals surface area contributed by atoms with Gasteiger partial charge in [-0.25, -0.2) is 13.4 Å². The lowest BCUT2D eigenvalue weighted by Gasteiger charge is -2.35. The zero-order valence-corrected chi connectivity index (χ0v) is 12.8. The second-order valence-corrected chi connectivity index (χ2v) is 7.01. The molecule has 0 aromatic carbocycles. The van der Waals surface area contributed by atoms with E-state index in [0.717, 1.165) is 5.69 Å². The van der Waals surface area contributed by atoms with Crippen molar-refractivity contribution >= 4 is 21.5 Å². The molecule has 8 heteroatoms. The van der Waals surface area contributed by atoms with E-state index in [4.69, 9.17) is 11.0 Å². The average Bonchev–Trinajstić information content (AvgIpc) is 2.49. The summed E-state index contributed by atoms with van der Waals surface area (Å²) in [6.07, 6.45) is 1.99. The molecule has 2 N–H and O–H groups in total. The van der Waals surface area contributed by atoms with Gasteiger partial charge in [-0.1, -0.05) is 6.92 Å². The maximum Gasteiger partial charge on any atom is 0.230 e. The van der Waals surface area contributed by atoms with Gasteiger partial charge in [-0.2, -0.15) is 9.57 Å². The Morgan fingerprint density at radius 3 is 2.52 bits per heavy atom. The number of hydrogen-bond acceptors (Lipinski definition) is 6. The van der Waals surface area contributed by atoms with Crippen LogP contribution in [0.15, 0.2) is 18.3 Å². The van der Waals surface area contributed by atoms with Crippen molar-refractivity contribution in [1.29, 1.82) is 5.26 Å². The van der Waals surface area contributed by atoms with Crippen molar-refractivity contribution in [2.45, 2.75) is 18.6 Å². The molecule has 0 amide bonds. The van der Waals surface area contributed by atoms with Crippen LogP contribution in [0.3, 0.4) is 0 Å². The summed E-state index contributed by atoms with van der Waals surface area (Å²) in [4.78, 5) is 6.10. The highest BCUT2D eigenvalue weighted by Crippen LogP contribution is 2.19. The molecule has 1 atom stereocenters. The molecule has 1 saturated heterocycles. The topological polar surface area (TPSA) is 103 Å². The van der Waals surface area contributed by atoms with E-state index in [1.807, 2.05) is 12.1 Å². The fourth-order valence-electron chi connectivity index (χ4n) is 2.33. The maximum absolute atomic E-state index is 12.3. The molecule has 1 aromatic heterocycles. The Balaban J connectivity index is 2.03. The number of pyridine rings is 1. The number of anilines is 2. The zero-order valence-electron chi connectivity index (χ0n) is 11.9. The van der Waals surface area contributed by atoms with Crippen molar-refractivity contribution < 1.29 is 8.42 Å². The number of aromatic nitrogens is 1. The van der Waals surface area contributed by atoms with E-state index in [1.54, 1.807) is 19.2 Å². The van der Waals surface area contributed by atoms with Crippen LogP contribution in [-0.2, 0) is 10.0 Å². The number of nitrogens with zero attached hydrogens (tertiary/aromatic N) is 4. The van der Waals surface area contributed by atoms with Gasteiger partial charge >= 0.3 is 0 Å². The molecule has 21 heavy (non-hydrogen) atoms. The molecule has 1 fully saturated rings. The minimum absolute atomic E-state index is 0.306. The van der Waals surface area contributed by atoms with Crippen molar-refractivity contribution in [3.8, 4) is 6.07 Å². The van der Waals surface area contributed by atoms with Crippen LogP contribution in [0.5, 0.6) is 0 Å². The van der Waals surface area contributed by atoms with Crippen LogP contribution in [0.2, 0.25) is 0 Å². The number of nitriles is 1. The van der Waals surface area contributed by atoms with Crippen molar-refractivity contribution in [1.82, 2.24) is 9.29 Å². The Labute approximate surface area is 125 Å². The third kappa shape index (κ3) is 3.25. The molecule has 0 radical (unpaired) electrons. The number of hydrogen-bond donors (Lipinski definition) is 1. The molecule has 2 rings (SSSR count). The van der Waals surface area contributed by atoms with E-state index in [1.165, 1.54) is 4.31 Å². The number of nitrogen functional groups attached to an aromatic ring is 1. The van der Waals surface area contributed by atoms with Crippen molar-refractivity contribution in [3.05, 3.63) is 18.3 Å². The summed E-state index contributed by atoms with van der Waals surface area (Å²) in [6.45, 7) is 3.62. The SMILES string of the molecule is CCC(C#N)S(=O)(=O)N1CCN(c2ccc(N)nc2)CC1. The minimum atomic E-state index is -3.53. The summed E-state index contributed by atoms with van der Waals surface area (Å²) >= 11 is 0. The van der Waals surface area contributed by atoms with Crippen molar-refractivity contribution in [3.63, 3.8) is 0 Å². The lowest BCUT2D eigenvalue weighted by Crippen LogP contribution is -2.51. The van der Waals surface area contributed by atoms with Gasteiger partial charge in [-0.05, 0) is 18.6 Å². The highest BCUT2D eigenvalue weighted by molar-refractivity contribution is 7.90. The molecule has 1 unspecified atom stereocenters. The number of rotatable bonds is 4. The standard InChI is InChI=1S/C13H19N5O2S/c1-2-12(9-14)21(19,20)18-7-5-17(6-8-18)11-3-4-13(15)16-10-11/h3-4,10,12H,2,5-8H2,1H3,(H2,15,16). The third-order valence-corrected chi connectivity index (χ3v) is 5.85. The summed E-state index contributed by atoms with van der Waals surface area (Å²) in [5.74, 6) is 0.458. The molecular weight excluding hydrogens is 290 g/mol. The van der Waals surface area contributed by atoms with Crippen LogP contribution in [0.25, 0.3) is 0 Å². The molecule has 0 aliphatic carbocycles. The normalized spacial score (nSPS) is 18.2. The summed E-state index contributed by atoms with van der Waals surface area (Å²) in [6, 6.07) is 5.47. The Bertz CT molecular complexity index is 615. The van der Waals surface area contributed by atoms with Crippen LogP contribution in [0.4, 0.5) is 11.5 Å². The molecule has 0 saturated carbocycles. The first-order chi connectivity index (χ1) is 9.98. The van der Waals surface area contributed by atoms with E-state index in [-0.39, 0.29) is 0 Å². The molecular formula is C13H19N5O2S. The van der Waals surface area contributed by atoms with E-state index in [2.05, 4.69) is 9.88 Å². The predicted molar refractivity (Wildman–Crippen MR) is 81.0 cm³/mol. The van der Waals surface area contributed by atoms with Gasteiger partial charge in [0.05, 0.1) is 18.0 Å². The Kier molecular flexibility index (Phi) is 4.65. The summed E-state index contributed by atoms with van der Waals surface area (Å²) < 4.78 is 26.0. The first-order valence-electron chi connectivity index (χ1n) is 6.84. The Morgan fingerprint density at radius 1 is 1.38 bits per heavy atom. The van der Waals surface area contributed by atoms with Gasteiger partial charge in [0.2, 0.25) is 10.0 Å². The van der Waals surface area contributed by atoms with Crippen LogP contribution in [0.1, 0.15) is 13.3 Å². The number of sulfonamides is 1. The van der Waals surface area contributed by atoms with E-state index >= 15 is 0 Å². The Hall–Kier alpha value is -1.85. The molecule has 114 valence electrons. The van der Waals surface area contributed by atoms with Gasteiger partial charge in [-0.3, -0.25) is 0 Å². The summed E-state index contributed by atoms with van der Waals surface area (Å²) in [7, 11) is -3.53. The quantitative estimate of drug-likeness (QED) is 0.864. The fraction of sp³-hybridized carbons (Fsp3) is 0.538. The Morgan fingerprint density at radius 2 is 2.05 bits per heavy atom. The summed E-state index contributed by atoms with van der Waals surface area (Å²) in [5.41, 5.74) is 6.48. The third-order valence-electron chi connectivity index (χ3n) is 3.61. The van der Waals surface area contributed by atoms with E-state index < -0.39 is 15.3 Å². The predicted octanol–water partition coefficient (Wildman–Crippen LogP) is 0.418. The van der Waals surface area contributed by atoms with Crippen molar-refractivity contribution in [2.24, 2.45) is 0 Å². The highest BCUT2D eigenvalue weighted by atomic mass is 32.2. The average molecular weight is 309 g/mol. The molecule has 0 bridgehead atoms. The van der Waals surface area contributed by atoms with Gasteiger partial charge in [0, 0.05) is 26.2 Å². The fourth-order valence-corrected chi connectivity index (χ4v) is 3.92. The first-order valence-corrected chi connectivity index (χ1v) is 8.34. The molecule has 1 aromatic rings. The number of nitrogens with two attached hydrogens (primary N) is 1.